The van der Waals surface area contributed by atoms with Crippen LogP contribution in [0.5, 0.6) is 5.75 Å². The van der Waals surface area contributed by atoms with E-state index in [1.807, 2.05) is 73.6 Å². The van der Waals surface area contributed by atoms with Crippen molar-refractivity contribution in [2.45, 2.75) is 0 Å². The van der Waals surface area contributed by atoms with Crippen molar-refractivity contribution in [1.82, 2.24) is 14.6 Å². The summed E-state index contributed by atoms with van der Waals surface area (Å²) in [6.07, 6.45) is 1.87. The van der Waals surface area contributed by atoms with Crippen LogP contribution in [0.15, 0.2) is 53.3 Å². The lowest BCUT2D eigenvalue weighted by atomic mass is 10.2. The second-order valence-corrected chi connectivity index (χ2v) is 7.24. The Hall–Kier alpha value is -3.19. The molecule has 0 N–H and O–H groups in total. The van der Waals surface area contributed by atoms with Crippen LogP contribution in [0.2, 0.25) is 0 Å². The Morgan fingerprint density at radius 1 is 1.11 bits per heavy atom. The third kappa shape index (κ3) is 3.17. The van der Waals surface area contributed by atoms with Gasteiger partial charge in [0, 0.05) is 19.8 Å². The molecule has 0 radical (unpaired) electrons. The lowest BCUT2D eigenvalue weighted by Gasteiger charge is -2.11. The summed E-state index contributed by atoms with van der Waals surface area (Å²) in [6, 6.07) is 15.5. The molecule has 4 rings (SSSR count). The largest absolute Gasteiger partial charge is 0.496 e. The highest BCUT2D eigenvalue weighted by molar-refractivity contribution is 7.15. The fraction of sp³-hybridized carbons (Fsp3) is 0.150. The fourth-order valence-corrected chi connectivity index (χ4v) is 3.71. The number of nitrogens with zero attached hydrogens (tertiary/aromatic N) is 4. The minimum atomic E-state index is -0.166. The molecule has 7 heteroatoms. The van der Waals surface area contributed by atoms with Crippen LogP contribution in [0.3, 0.4) is 0 Å². The highest BCUT2D eigenvalue weighted by atomic mass is 32.1. The normalized spacial score (nSPS) is 11.9. The molecule has 0 spiro atoms. The van der Waals surface area contributed by atoms with Crippen LogP contribution in [0.25, 0.3) is 22.4 Å². The summed E-state index contributed by atoms with van der Waals surface area (Å²) < 4.78 is 7.32. The van der Waals surface area contributed by atoms with Gasteiger partial charge in [-0.15, -0.1) is 5.10 Å². The zero-order chi connectivity index (χ0) is 19.0. The van der Waals surface area contributed by atoms with Gasteiger partial charge in [-0.05, 0) is 35.9 Å². The summed E-state index contributed by atoms with van der Waals surface area (Å²) in [7, 11) is 5.59. The molecule has 0 aliphatic rings. The minimum absolute atomic E-state index is 0.166. The molecular weight excluding hydrogens is 360 g/mol. The van der Waals surface area contributed by atoms with Crippen molar-refractivity contribution in [3.63, 3.8) is 0 Å². The van der Waals surface area contributed by atoms with E-state index in [4.69, 9.17) is 4.74 Å². The molecule has 4 aromatic rings. The smallest absolute Gasteiger partial charge is 0.291 e. The van der Waals surface area contributed by atoms with E-state index in [9.17, 15) is 4.79 Å². The predicted octanol–water partition coefficient (Wildman–Crippen LogP) is 2.44. The number of fused-ring (bicyclic) bond motifs is 1. The summed E-state index contributed by atoms with van der Waals surface area (Å²) in [5.74, 6) is 1.16. The maximum Gasteiger partial charge on any atom is 0.291 e. The number of hydrogen-bond acceptors (Lipinski definition) is 6. The number of benzene rings is 2. The molecule has 0 fully saturated rings. The molecule has 0 aliphatic carbocycles. The zero-order valence-corrected chi connectivity index (χ0v) is 16.0. The van der Waals surface area contributed by atoms with Crippen LogP contribution in [0, 0.1) is 0 Å². The molecule has 0 saturated carbocycles. The van der Waals surface area contributed by atoms with Crippen LogP contribution < -0.4 is 19.7 Å². The van der Waals surface area contributed by atoms with E-state index in [1.54, 1.807) is 7.11 Å². The molecule has 6 nitrogen and oxygen atoms in total. The average Bonchev–Trinajstić information content (AvgIpc) is 3.22. The topological polar surface area (TPSA) is 59.7 Å². The average molecular weight is 378 g/mol. The SMILES string of the molecule is COc1ccccc1-c1nc2s/c(=C\c3ccc(N(C)C)cc3)c(=O)n2n1. The Kier molecular flexibility index (Phi) is 4.37. The van der Waals surface area contributed by atoms with Crippen LogP contribution in [0.1, 0.15) is 5.56 Å². The van der Waals surface area contributed by atoms with E-state index < -0.39 is 0 Å². The summed E-state index contributed by atoms with van der Waals surface area (Å²) >= 11 is 1.33. The van der Waals surface area contributed by atoms with Crippen molar-refractivity contribution in [2.24, 2.45) is 0 Å². The Morgan fingerprint density at radius 3 is 2.52 bits per heavy atom. The first-order valence-electron chi connectivity index (χ1n) is 8.39. The van der Waals surface area contributed by atoms with Crippen LogP contribution in [-0.4, -0.2) is 35.8 Å². The summed E-state index contributed by atoms with van der Waals surface area (Å²) in [5.41, 5.74) is 2.67. The minimum Gasteiger partial charge on any atom is -0.496 e. The first kappa shape index (κ1) is 17.2. The maximum absolute atomic E-state index is 12.7. The fourth-order valence-electron chi connectivity index (χ4n) is 2.80. The van der Waals surface area contributed by atoms with Gasteiger partial charge in [0.1, 0.15) is 5.75 Å². The Bertz CT molecular complexity index is 1210. The van der Waals surface area contributed by atoms with E-state index in [2.05, 4.69) is 10.1 Å². The summed E-state index contributed by atoms with van der Waals surface area (Å²) in [6.45, 7) is 0. The maximum atomic E-state index is 12.7. The monoisotopic (exact) mass is 378 g/mol. The Morgan fingerprint density at radius 2 is 1.85 bits per heavy atom. The van der Waals surface area contributed by atoms with Gasteiger partial charge in [0.25, 0.3) is 5.56 Å². The number of thiazole rings is 1. The van der Waals surface area contributed by atoms with Gasteiger partial charge >= 0.3 is 0 Å². The van der Waals surface area contributed by atoms with Crippen LogP contribution >= 0.6 is 11.3 Å². The molecule has 0 unspecified atom stereocenters. The van der Waals surface area contributed by atoms with Gasteiger partial charge in [-0.3, -0.25) is 4.79 Å². The molecule has 2 heterocycles. The van der Waals surface area contributed by atoms with Crippen molar-refractivity contribution in [1.29, 1.82) is 0 Å². The van der Waals surface area contributed by atoms with E-state index in [0.717, 1.165) is 16.8 Å². The van der Waals surface area contributed by atoms with Crippen molar-refractivity contribution in [3.8, 4) is 17.1 Å². The van der Waals surface area contributed by atoms with Crippen molar-refractivity contribution >= 4 is 28.1 Å². The molecule has 0 saturated heterocycles. The zero-order valence-electron chi connectivity index (χ0n) is 15.2. The van der Waals surface area contributed by atoms with Gasteiger partial charge in [-0.25, -0.2) is 0 Å². The first-order chi connectivity index (χ1) is 13.1. The molecule has 0 aliphatic heterocycles. The van der Waals surface area contributed by atoms with Gasteiger partial charge in [-0.1, -0.05) is 35.6 Å². The van der Waals surface area contributed by atoms with Gasteiger partial charge < -0.3 is 9.64 Å². The number of methoxy groups -OCH3 is 1. The van der Waals surface area contributed by atoms with Crippen LogP contribution in [-0.2, 0) is 0 Å². The highest BCUT2D eigenvalue weighted by Gasteiger charge is 2.14. The van der Waals surface area contributed by atoms with Crippen molar-refractivity contribution in [2.75, 3.05) is 26.1 Å². The van der Waals surface area contributed by atoms with E-state index in [1.165, 1.54) is 15.9 Å². The second-order valence-electron chi connectivity index (χ2n) is 6.23. The lowest BCUT2D eigenvalue weighted by molar-refractivity contribution is 0.416. The van der Waals surface area contributed by atoms with Gasteiger partial charge in [0.15, 0.2) is 5.82 Å². The van der Waals surface area contributed by atoms with E-state index >= 15 is 0 Å². The van der Waals surface area contributed by atoms with E-state index in [-0.39, 0.29) is 5.56 Å². The Balaban J connectivity index is 1.76. The van der Waals surface area contributed by atoms with Crippen LogP contribution in [0.4, 0.5) is 5.69 Å². The Labute approximate surface area is 160 Å². The molecule has 136 valence electrons. The molecular formula is C20H18N4O2S. The van der Waals surface area contributed by atoms with Crippen molar-refractivity contribution in [3.05, 3.63) is 69.0 Å². The number of para-hydroxylation sites is 1. The van der Waals surface area contributed by atoms with Gasteiger partial charge in [-0.2, -0.15) is 9.50 Å². The number of aromatic nitrogens is 3. The standard InChI is InChI=1S/C20H18N4O2S/c1-23(2)14-10-8-13(9-11-14)12-17-19(25)24-20(27-17)21-18(22-24)15-6-4-5-7-16(15)26-3/h4-12H,1-3H3/b17-12-. The van der Waals surface area contributed by atoms with Gasteiger partial charge in [0.05, 0.1) is 17.2 Å². The summed E-state index contributed by atoms with van der Waals surface area (Å²) in [4.78, 5) is 19.8. The quantitative estimate of drug-likeness (QED) is 0.546. The third-order valence-electron chi connectivity index (χ3n) is 4.24. The van der Waals surface area contributed by atoms with Gasteiger partial charge in [0.2, 0.25) is 4.96 Å². The highest BCUT2D eigenvalue weighted by Crippen LogP contribution is 2.27. The van der Waals surface area contributed by atoms with Crippen molar-refractivity contribution < 1.29 is 4.74 Å². The first-order valence-corrected chi connectivity index (χ1v) is 9.20. The molecule has 0 atom stereocenters. The summed E-state index contributed by atoms with van der Waals surface area (Å²) in [5, 5.41) is 4.39. The number of rotatable bonds is 4. The predicted molar refractivity (Wildman–Crippen MR) is 109 cm³/mol. The van der Waals surface area contributed by atoms with E-state index in [0.29, 0.717) is 21.1 Å². The lowest BCUT2D eigenvalue weighted by Crippen LogP contribution is -2.23. The molecule has 27 heavy (non-hydrogen) atoms. The molecule has 0 amide bonds. The number of hydrogen-bond donors (Lipinski definition) is 0. The number of ether oxygens (including phenoxy) is 1. The molecule has 2 aromatic carbocycles. The third-order valence-corrected chi connectivity index (χ3v) is 5.20. The molecule has 2 aromatic heterocycles. The number of anilines is 1. The second kappa shape index (κ2) is 6.85. The molecule has 0 bridgehead atoms.